The fourth-order valence-corrected chi connectivity index (χ4v) is 5.36. The Labute approximate surface area is 193 Å². The minimum absolute atomic E-state index is 0.250. The second kappa shape index (κ2) is 8.99. The van der Waals surface area contributed by atoms with Crippen LogP contribution in [0, 0.1) is 0 Å². The number of para-hydroxylation sites is 1. The number of aliphatic hydroxyl groups is 1. The van der Waals surface area contributed by atoms with Crippen molar-refractivity contribution in [1.82, 2.24) is 4.90 Å². The molecule has 3 aliphatic rings. The first-order valence-electron chi connectivity index (χ1n) is 10.7. The molecule has 0 aromatic heterocycles. The van der Waals surface area contributed by atoms with Gasteiger partial charge in [-0.1, -0.05) is 47.5 Å². The third kappa shape index (κ3) is 5.01. The molecule has 2 heterocycles. The van der Waals surface area contributed by atoms with Gasteiger partial charge in [0.1, 0.15) is 0 Å². The Morgan fingerprint density at radius 1 is 1.10 bits per heavy atom. The standard InChI is InChI=1S/C23H26Cl2N2O.CH2O2/c1-23(28)13-26(14-23)10-17-8-7-16(9-19(17)15-5-6-15)18-11-27(12-18)22-20(24)3-2-4-21(22)25;2-1-3/h2-4,7-9,15,18,28H,5-6,10-14H2,1H3;1H,(H,2,3). The Morgan fingerprint density at radius 2 is 1.71 bits per heavy atom. The molecule has 0 amide bonds. The van der Waals surface area contributed by atoms with E-state index in [1.54, 1.807) is 0 Å². The Morgan fingerprint density at radius 3 is 2.26 bits per heavy atom. The van der Waals surface area contributed by atoms with Crippen LogP contribution in [0.1, 0.15) is 48.3 Å². The second-order valence-corrected chi connectivity index (χ2v) is 9.97. The number of likely N-dealkylation sites (tertiary alicyclic amines) is 1. The SMILES string of the molecule is CC1(O)CN(Cc2ccc(C3CN(c4c(Cl)cccc4Cl)C3)cc2C2CC2)C1.O=CO. The van der Waals surface area contributed by atoms with Crippen LogP contribution < -0.4 is 4.90 Å². The van der Waals surface area contributed by atoms with Gasteiger partial charge in [-0.3, -0.25) is 9.69 Å². The highest BCUT2D eigenvalue weighted by atomic mass is 35.5. The molecule has 0 atom stereocenters. The first-order valence-corrected chi connectivity index (χ1v) is 11.4. The number of rotatable bonds is 5. The van der Waals surface area contributed by atoms with Crippen LogP contribution in [0.2, 0.25) is 10.0 Å². The topological polar surface area (TPSA) is 64.0 Å². The molecule has 166 valence electrons. The van der Waals surface area contributed by atoms with Gasteiger partial charge in [0.05, 0.1) is 21.3 Å². The van der Waals surface area contributed by atoms with E-state index < -0.39 is 5.60 Å². The summed E-state index contributed by atoms with van der Waals surface area (Å²) in [5.74, 6) is 1.26. The molecular formula is C24H28Cl2N2O3. The molecule has 31 heavy (non-hydrogen) atoms. The van der Waals surface area contributed by atoms with Crippen molar-refractivity contribution in [2.24, 2.45) is 0 Å². The molecule has 0 spiro atoms. The van der Waals surface area contributed by atoms with E-state index in [4.69, 9.17) is 33.1 Å². The Balaban J connectivity index is 0.000000730. The van der Waals surface area contributed by atoms with Gasteiger partial charge in [0.15, 0.2) is 0 Å². The average molecular weight is 463 g/mol. The lowest BCUT2D eigenvalue weighted by Crippen LogP contribution is -2.59. The summed E-state index contributed by atoms with van der Waals surface area (Å²) in [6.45, 7) is 6.09. The average Bonchev–Trinajstić information content (AvgIpc) is 3.48. The molecule has 5 nitrogen and oxygen atoms in total. The molecule has 2 aromatic carbocycles. The van der Waals surface area contributed by atoms with Gasteiger partial charge in [0.2, 0.25) is 0 Å². The van der Waals surface area contributed by atoms with Crippen LogP contribution >= 0.6 is 23.2 Å². The van der Waals surface area contributed by atoms with Crippen LogP contribution in [-0.2, 0) is 11.3 Å². The summed E-state index contributed by atoms with van der Waals surface area (Å²) in [7, 11) is 0. The van der Waals surface area contributed by atoms with E-state index in [0.717, 1.165) is 54.4 Å². The van der Waals surface area contributed by atoms with Gasteiger partial charge in [-0.05, 0) is 54.5 Å². The third-order valence-corrected chi connectivity index (χ3v) is 6.93. The van der Waals surface area contributed by atoms with Crippen LogP contribution in [0.15, 0.2) is 36.4 Å². The minimum atomic E-state index is -0.505. The molecule has 2 N–H and O–H groups in total. The van der Waals surface area contributed by atoms with Gasteiger partial charge in [-0.15, -0.1) is 0 Å². The molecule has 0 bridgehead atoms. The number of nitrogens with zero attached hydrogens (tertiary/aromatic N) is 2. The number of hydrogen-bond donors (Lipinski definition) is 2. The van der Waals surface area contributed by atoms with Crippen molar-refractivity contribution in [1.29, 1.82) is 0 Å². The largest absolute Gasteiger partial charge is 0.483 e. The molecule has 0 unspecified atom stereocenters. The van der Waals surface area contributed by atoms with Gasteiger partial charge in [0.25, 0.3) is 6.47 Å². The Bertz CT molecular complexity index is 928. The van der Waals surface area contributed by atoms with Crippen molar-refractivity contribution in [2.45, 2.75) is 43.7 Å². The van der Waals surface area contributed by atoms with E-state index >= 15 is 0 Å². The Hall–Kier alpha value is -1.79. The zero-order valence-electron chi connectivity index (χ0n) is 17.6. The molecule has 5 rings (SSSR count). The highest BCUT2D eigenvalue weighted by Gasteiger charge is 2.37. The summed E-state index contributed by atoms with van der Waals surface area (Å²) in [4.78, 5) is 13.0. The minimum Gasteiger partial charge on any atom is -0.483 e. The summed E-state index contributed by atoms with van der Waals surface area (Å²) in [6.07, 6.45) is 2.61. The molecule has 0 radical (unpaired) electrons. The van der Waals surface area contributed by atoms with Crippen LogP contribution in [0.5, 0.6) is 0 Å². The fraction of sp³-hybridized carbons (Fsp3) is 0.458. The summed E-state index contributed by atoms with van der Waals surface area (Å²) in [6, 6.07) is 12.8. The number of hydrogen-bond acceptors (Lipinski definition) is 4. The predicted octanol–water partition coefficient (Wildman–Crippen LogP) is 4.74. The normalized spacial score (nSPS) is 20.3. The number of benzene rings is 2. The summed E-state index contributed by atoms with van der Waals surface area (Å²) in [5.41, 5.74) is 4.85. The lowest BCUT2D eigenvalue weighted by atomic mass is 9.87. The first kappa shape index (κ1) is 22.4. The zero-order chi connectivity index (χ0) is 22.2. The number of halogens is 2. The summed E-state index contributed by atoms with van der Waals surface area (Å²) < 4.78 is 0. The number of anilines is 1. The van der Waals surface area contributed by atoms with E-state index in [1.807, 2.05) is 25.1 Å². The van der Waals surface area contributed by atoms with Crippen LogP contribution in [0.25, 0.3) is 0 Å². The molecular weight excluding hydrogens is 435 g/mol. The monoisotopic (exact) mass is 462 g/mol. The van der Waals surface area contributed by atoms with E-state index in [0.29, 0.717) is 5.92 Å². The highest BCUT2D eigenvalue weighted by Crippen LogP contribution is 2.45. The highest BCUT2D eigenvalue weighted by molar-refractivity contribution is 6.39. The van der Waals surface area contributed by atoms with E-state index in [9.17, 15) is 5.11 Å². The van der Waals surface area contributed by atoms with Gasteiger partial charge in [0, 0.05) is 38.6 Å². The van der Waals surface area contributed by atoms with Gasteiger partial charge < -0.3 is 15.1 Å². The quantitative estimate of drug-likeness (QED) is 0.628. The van der Waals surface area contributed by atoms with Crippen molar-refractivity contribution in [3.05, 3.63) is 63.1 Å². The molecule has 2 aliphatic heterocycles. The van der Waals surface area contributed by atoms with Crippen molar-refractivity contribution < 1.29 is 15.0 Å². The number of carbonyl (C=O) groups is 1. The fourth-order valence-electron chi connectivity index (χ4n) is 4.72. The first-order chi connectivity index (χ1) is 14.8. The molecule has 7 heteroatoms. The van der Waals surface area contributed by atoms with Crippen LogP contribution in [0.3, 0.4) is 0 Å². The zero-order valence-corrected chi connectivity index (χ0v) is 19.1. The maximum atomic E-state index is 10.0. The van der Waals surface area contributed by atoms with Crippen molar-refractivity contribution in [3.63, 3.8) is 0 Å². The van der Waals surface area contributed by atoms with E-state index in [2.05, 4.69) is 28.0 Å². The van der Waals surface area contributed by atoms with Gasteiger partial charge in [-0.2, -0.15) is 0 Å². The predicted molar refractivity (Wildman–Crippen MR) is 124 cm³/mol. The molecule has 3 fully saturated rings. The number of β-amino-alcohol motifs (C(OH)–C–C–N with tert-alkyl or cyclic N) is 1. The second-order valence-electron chi connectivity index (χ2n) is 9.15. The van der Waals surface area contributed by atoms with Crippen LogP contribution in [-0.4, -0.2) is 53.4 Å². The number of carboxylic acid groups (broad SMARTS) is 1. The van der Waals surface area contributed by atoms with Gasteiger partial charge in [-0.25, -0.2) is 0 Å². The summed E-state index contributed by atoms with van der Waals surface area (Å²) in [5, 5.41) is 18.3. The van der Waals surface area contributed by atoms with Crippen LogP contribution in [0.4, 0.5) is 5.69 Å². The van der Waals surface area contributed by atoms with Crippen molar-refractivity contribution in [2.75, 3.05) is 31.1 Å². The lowest BCUT2D eigenvalue weighted by Gasteiger charge is -2.44. The lowest BCUT2D eigenvalue weighted by molar-refractivity contribution is -0.122. The molecule has 1 saturated carbocycles. The maximum absolute atomic E-state index is 10.0. The smallest absolute Gasteiger partial charge is 0.290 e. The Kier molecular flexibility index (Phi) is 6.50. The third-order valence-electron chi connectivity index (χ3n) is 6.32. The molecule has 2 saturated heterocycles. The van der Waals surface area contributed by atoms with Crippen molar-refractivity contribution >= 4 is 35.4 Å². The molecule has 1 aliphatic carbocycles. The van der Waals surface area contributed by atoms with Gasteiger partial charge >= 0.3 is 0 Å². The maximum Gasteiger partial charge on any atom is 0.290 e. The summed E-state index contributed by atoms with van der Waals surface area (Å²) >= 11 is 12.7. The molecule has 2 aromatic rings. The van der Waals surface area contributed by atoms with Crippen molar-refractivity contribution in [3.8, 4) is 0 Å². The van der Waals surface area contributed by atoms with E-state index in [-0.39, 0.29) is 6.47 Å². The van der Waals surface area contributed by atoms with E-state index in [1.165, 1.54) is 29.5 Å².